The van der Waals surface area contributed by atoms with E-state index in [0.29, 0.717) is 12.5 Å². The molecule has 0 unspecified atom stereocenters. The molecule has 10 heteroatoms. The van der Waals surface area contributed by atoms with Gasteiger partial charge in [0.05, 0.1) is 6.54 Å². The maximum absolute atomic E-state index is 4.36. The minimum Gasteiger partial charge on any atom is -0.356 e. The smallest absolute Gasteiger partial charge is 0.191 e. The summed E-state index contributed by atoms with van der Waals surface area (Å²) in [7, 11) is 3.63. The van der Waals surface area contributed by atoms with Crippen molar-refractivity contribution in [3.63, 3.8) is 0 Å². The molecule has 0 saturated heterocycles. The minimum atomic E-state index is 0.567. The third kappa shape index (κ3) is 5.72. The van der Waals surface area contributed by atoms with E-state index in [4.69, 9.17) is 0 Å². The van der Waals surface area contributed by atoms with Crippen LogP contribution in [0.4, 0.5) is 0 Å². The number of aromatic nitrogens is 6. The highest BCUT2D eigenvalue weighted by atomic mass is 32.2. The summed E-state index contributed by atoms with van der Waals surface area (Å²) in [5, 5.41) is 20.3. The topological polar surface area (TPSA) is 97.8 Å². The maximum atomic E-state index is 4.36. The van der Waals surface area contributed by atoms with Crippen LogP contribution in [0.15, 0.2) is 16.5 Å². The minimum absolute atomic E-state index is 0.567. The first kappa shape index (κ1) is 20.2. The van der Waals surface area contributed by atoms with Crippen LogP contribution in [0.5, 0.6) is 0 Å². The predicted octanol–water partition coefficient (Wildman–Crippen LogP) is 1.08. The van der Waals surface area contributed by atoms with E-state index in [1.54, 1.807) is 29.8 Å². The van der Waals surface area contributed by atoms with Crippen LogP contribution in [0.2, 0.25) is 0 Å². The second-order valence-electron chi connectivity index (χ2n) is 6.36. The van der Waals surface area contributed by atoms with E-state index in [1.807, 2.05) is 13.3 Å². The van der Waals surface area contributed by atoms with Crippen LogP contribution in [0.1, 0.15) is 31.9 Å². The van der Waals surface area contributed by atoms with Crippen molar-refractivity contribution in [1.82, 2.24) is 40.2 Å². The summed E-state index contributed by atoms with van der Waals surface area (Å²) in [6.45, 7) is 6.76. The molecule has 2 rings (SSSR count). The summed E-state index contributed by atoms with van der Waals surface area (Å²) in [5.41, 5.74) is 0. The van der Waals surface area contributed by atoms with E-state index < -0.39 is 0 Å². The molecule has 2 heterocycles. The molecule has 0 radical (unpaired) electrons. The van der Waals surface area contributed by atoms with Crippen LogP contribution in [0, 0.1) is 5.92 Å². The fourth-order valence-corrected chi connectivity index (χ4v) is 3.04. The van der Waals surface area contributed by atoms with Crippen LogP contribution in [-0.2, 0) is 26.6 Å². The first-order valence-electron chi connectivity index (χ1n) is 8.78. The van der Waals surface area contributed by atoms with Gasteiger partial charge in [-0.25, -0.2) is 4.98 Å². The zero-order valence-electron chi connectivity index (χ0n) is 16.2. The van der Waals surface area contributed by atoms with Crippen LogP contribution >= 0.6 is 11.8 Å². The van der Waals surface area contributed by atoms with Gasteiger partial charge >= 0.3 is 0 Å². The second kappa shape index (κ2) is 10.1. The van der Waals surface area contributed by atoms with E-state index in [-0.39, 0.29) is 0 Å². The third-order valence-corrected chi connectivity index (χ3v) is 4.50. The van der Waals surface area contributed by atoms with E-state index >= 15 is 0 Å². The fourth-order valence-electron chi connectivity index (χ4n) is 2.52. The number of nitrogens with zero attached hydrogens (tertiary/aromatic N) is 7. The average molecular weight is 380 g/mol. The van der Waals surface area contributed by atoms with E-state index in [1.165, 1.54) is 0 Å². The normalized spacial score (nSPS) is 12.0. The van der Waals surface area contributed by atoms with Gasteiger partial charge in [0, 0.05) is 33.6 Å². The number of aryl methyl sites for hydroxylation is 2. The summed E-state index contributed by atoms with van der Waals surface area (Å²) >= 11 is 1.64. The highest BCUT2D eigenvalue weighted by Gasteiger charge is 2.12. The molecular weight excluding hydrogens is 350 g/mol. The molecule has 9 nitrogen and oxygen atoms in total. The van der Waals surface area contributed by atoms with E-state index in [0.717, 1.165) is 48.7 Å². The molecular formula is C16H29N9S. The molecule has 0 aromatic carbocycles. The van der Waals surface area contributed by atoms with Crippen molar-refractivity contribution in [1.29, 1.82) is 0 Å². The Kier molecular flexibility index (Phi) is 7.89. The summed E-state index contributed by atoms with van der Waals surface area (Å²) in [6.07, 6.45) is 5.42. The molecule has 2 aromatic heterocycles. The van der Waals surface area contributed by atoms with Crippen molar-refractivity contribution < 1.29 is 0 Å². The van der Waals surface area contributed by atoms with Gasteiger partial charge in [-0.15, -0.1) is 10.2 Å². The average Bonchev–Trinajstić information content (AvgIpc) is 3.20. The van der Waals surface area contributed by atoms with Crippen LogP contribution in [-0.4, -0.2) is 55.3 Å². The van der Waals surface area contributed by atoms with Gasteiger partial charge < -0.3 is 15.2 Å². The number of hydrogen-bond acceptors (Lipinski definition) is 6. The van der Waals surface area contributed by atoms with Crippen LogP contribution in [0.3, 0.4) is 0 Å². The Morgan fingerprint density at radius 1 is 1.27 bits per heavy atom. The SMILES string of the molecule is CN=C(NCCCc1nnc(SC)n1CC(C)C)NCc1ncnn1C. The quantitative estimate of drug-likeness (QED) is 0.291. The van der Waals surface area contributed by atoms with Gasteiger partial charge in [0.25, 0.3) is 0 Å². The first-order valence-corrected chi connectivity index (χ1v) is 10.0. The van der Waals surface area contributed by atoms with Crippen molar-refractivity contribution in [3.8, 4) is 0 Å². The predicted molar refractivity (Wildman–Crippen MR) is 104 cm³/mol. The van der Waals surface area contributed by atoms with Crippen molar-refractivity contribution in [3.05, 3.63) is 18.0 Å². The van der Waals surface area contributed by atoms with Crippen LogP contribution in [0.25, 0.3) is 0 Å². The van der Waals surface area contributed by atoms with Crippen molar-refractivity contribution in [2.45, 2.75) is 44.9 Å². The number of guanidine groups is 1. The molecule has 26 heavy (non-hydrogen) atoms. The zero-order valence-corrected chi connectivity index (χ0v) is 17.0. The highest BCUT2D eigenvalue weighted by Crippen LogP contribution is 2.16. The van der Waals surface area contributed by atoms with E-state index in [2.05, 4.69) is 54.3 Å². The molecule has 144 valence electrons. The molecule has 0 atom stereocenters. The Hall–Kier alpha value is -2.10. The standard InChI is InChI=1S/C16H29N9S/c1-12(2)10-25-13(22-23-16(25)26-5)7-6-8-18-15(17-3)19-9-14-20-11-21-24(14)4/h11-12H,6-10H2,1-5H3,(H2,17,18,19). The lowest BCUT2D eigenvalue weighted by Gasteiger charge is -2.13. The molecule has 0 aliphatic rings. The molecule has 2 aromatic rings. The third-order valence-electron chi connectivity index (χ3n) is 3.84. The Bertz CT molecular complexity index is 704. The van der Waals surface area contributed by atoms with Gasteiger partial charge in [-0.2, -0.15) is 5.10 Å². The molecule has 0 aliphatic carbocycles. The van der Waals surface area contributed by atoms with Gasteiger partial charge in [-0.05, 0) is 18.6 Å². The lowest BCUT2D eigenvalue weighted by Crippen LogP contribution is -2.38. The number of thioether (sulfide) groups is 1. The van der Waals surface area contributed by atoms with Gasteiger partial charge in [0.2, 0.25) is 0 Å². The lowest BCUT2D eigenvalue weighted by molar-refractivity contribution is 0.477. The molecule has 0 aliphatic heterocycles. The molecule has 0 spiro atoms. The number of nitrogens with one attached hydrogen (secondary N) is 2. The van der Waals surface area contributed by atoms with Crippen LogP contribution < -0.4 is 10.6 Å². The fraction of sp³-hybridized carbons (Fsp3) is 0.688. The summed E-state index contributed by atoms with van der Waals surface area (Å²) < 4.78 is 3.97. The first-order chi connectivity index (χ1) is 12.5. The Morgan fingerprint density at radius 2 is 2.08 bits per heavy atom. The number of aliphatic imine (C=N–C) groups is 1. The zero-order chi connectivity index (χ0) is 18.9. The van der Waals surface area contributed by atoms with Gasteiger partial charge in [-0.3, -0.25) is 9.67 Å². The summed E-state index contributed by atoms with van der Waals surface area (Å²) in [5.74, 6) is 3.23. The second-order valence-corrected chi connectivity index (χ2v) is 7.14. The Labute approximate surface area is 159 Å². The van der Waals surface area contributed by atoms with E-state index in [9.17, 15) is 0 Å². The van der Waals surface area contributed by atoms with Crippen molar-refractivity contribution in [2.24, 2.45) is 18.0 Å². The molecule has 0 bridgehead atoms. The van der Waals surface area contributed by atoms with Gasteiger partial charge in [0.15, 0.2) is 11.1 Å². The number of rotatable bonds is 9. The molecule has 0 amide bonds. The molecule has 2 N–H and O–H groups in total. The van der Waals surface area contributed by atoms with Crippen molar-refractivity contribution >= 4 is 17.7 Å². The van der Waals surface area contributed by atoms with Gasteiger partial charge in [0.1, 0.15) is 18.0 Å². The summed E-state index contributed by atoms with van der Waals surface area (Å²) in [4.78, 5) is 8.42. The van der Waals surface area contributed by atoms with Crippen molar-refractivity contribution in [2.75, 3.05) is 19.8 Å². The largest absolute Gasteiger partial charge is 0.356 e. The summed E-state index contributed by atoms with van der Waals surface area (Å²) in [6, 6.07) is 0. The molecule has 0 saturated carbocycles. The number of hydrogen-bond donors (Lipinski definition) is 2. The lowest BCUT2D eigenvalue weighted by atomic mass is 10.2. The highest BCUT2D eigenvalue weighted by molar-refractivity contribution is 7.98. The Morgan fingerprint density at radius 3 is 2.69 bits per heavy atom. The Balaban J connectivity index is 1.78. The molecule has 0 fully saturated rings. The monoisotopic (exact) mass is 379 g/mol. The van der Waals surface area contributed by atoms with Gasteiger partial charge in [-0.1, -0.05) is 25.6 Å². The maximum Gasteiger partial charge on any atom is 0.191 e.